The molecule has 100 valence electrons. The van der Waals surface area contributed by atoms with Crippen molar-refractivity contribution in [3.63, 3.8) is 0 Å². The maximum atomic E-state index is 11.3. The van der Waals surface area contributed by atoms with E-state index in [0.29, 0.717) is 17.3 Å². The molecule has 0 aromatic carbocycles. The van der Waals surface area contributed by atoms with E-state index in [1.54, 1.807) is 0 Å². The lowest BCUT2D eigenvalue weighted by Gasteiger charge is -2.40. The second-order valence-corrected chi connectivity index (χ2v) is 6.74. The van der Waals surface area contributed by atoms with Gasteiger partial charge in [-0.25, -0.2) is 0 Å². The molecule has 2 nitrogen and oxygen atoms in total. The summed E-state index contributed by atoms with van der Waals surface area (Å²) in [6.07, 6.45) is 6.53. The molecule has 3 unspecified atom stereocenters. The van der Waals surface area contributed by atoms with E-state index in [1.165, 1.54) is 12.8 Å². The van der Waals surface area contributed by atoms with E-state index in [4.69, 9.17) is 0 Å². The largest absolute Gasteiger partial charge is 0.481 e. The molecule has 0 spiro atoms. The summed E-state index contributed by atoms with van der Waals surface area (Å²) in [6.45, 7) is 9.03. The lowest BCUT2D eigenvalue weighted by Crippen LogP contribution is -2.35. The summed E-state index contributed by atoms with van der Waals surface area (Å²) in [4.78, 5) is 11.3. The molecule has 1 aliphatic rings. The van der Waals surface area contributed by atoms with E-state index in [9.17, 15) is 9.90 Å². The normalized spacial score (nSPS) is 29.9. The first-order valence-electron chi connectivity index (χ1n) is 7.08. The van der Waals surface area contributed by atoms with Crippen molar-refractivity contribution in [3.8, 4) is 0 Å². The summed E-state index contributed by atoms with van der Waals surface area (Å²) in [5.74, 6) is 0.384. The monoisotopic (exact) mass is 240 g/mol. The lowest BCUT2D eigenvalue weighted by atomic mass is 9.65. The van der Waals surface area contributed by atoms with Gasteiger partial charge in [0.15, 0.2) is 0 Å². The van der Waals surface area contributed by atoms with Crippen molar-refractivity contribution in [1.82, 2.24) is 0 Å². The Balaban J connectivity index is 2.64. The van der Waals surface area contributed by atoms with E-state index >= 15 is 0 Å². The number of carboxylic acids is 1. The van der Waals surface area contributed by atoms with Crippen LogP contribution in [0, 0.1) is 23.2 Å². The second kappa shape index (κ2) is 5.88. The minimum Gasteiger partial charge on any atom is -0.481 e. The quantitative estimate of drug-likeness (QED) is 0.776. The van der Waals surface area contributed by atoms with Gasteiger partial charge in [-0.05, 0) is 42.9 Å². The van der Waals surface area contributed by atoms with Crippen molar-refractivity contribution in [2.75, 3.05) is 0 Å². The van der Waals surface area contributed by atoms with Gasteiger partial charge in [0.25, 0.3) is 0 Å². The van der Waals surface area contributed by atoms with Crippen LogP contribution in [0.2, 0.25) is 0 Å². The standard InChI is InChI=1S/C15H28O2/c1-5-6-11(2)9-12-10-15(3,4)8-7-13(12)14(16)17/h11-13H,5-10H2,1-4H3,(H,16,17). The van der Waals surface area contributed by atoms with Gasteiger partial charge < -0.3 is 5.11 Å². The van der Waals surface area contributed by atoms with Gasteiger partial charge in [0, 0.05) is 0 Å². The molecule has 0 aliphatic heterocycles. The van der Waals surface area contributed by atoms with E-state index in [1.807, 2.05) is 0 Å². The maximum absolute atomic E-state index is 11.3. The number of carboxylic acid groups (broad SMARTS) is 1. The zero-order valence-electron chi connectivity index (χ0n) is 11.8. The summed E-state index contributed by atoms with van der Waals surface area (Å²) in [7, 11) is 0. The van der Waals surface area contributed by atoms with Crippen molar-refractivity contribution in [2.45, 2.75) is 66.2 Å². The highest BCUT2D eigenvalue weighted by Gasteiger charge is 2.38. The molecule has 1 fully saturated rings. The maximum Gasteiger partial charge on any atom is 0.306 e. The summed E-state index contributed by atoms with van der Waals surface area (Å²) < 4.78 is 0. The van der Waals surface area contributed by atoms with Crippen LogP contribution >= 0.6 is 0 Å². The molecule has 2 heteroatoms. The predicted octanol–water partition coefficient (Wildman–Crippen LogP) is 4.34. The number of aliphatic carboxylic acids is 1. The number of hydrogen-bond acceptors (Lipinski definition) is 1. The first kappa shape index (κ1) is 14.5. The third kappa shape index (κ3) is 4.33. The van der Waals surface area contributed by atoms with Crippen LogP contribution < -0.4 is 0 Å². The topological polar surface area (TPSA) is 37.3 Å². The van der Waals surface area contributed by atoms with Crippen LogP contribution in [-0.4, -0.2) is 11.1 Å². The summed E-state index contributed by atoms with van der Waals surface area (Å²) in [6, 6.07) is 0. The van der Waals surface area contributed by atoms with Gasteiger partial charge in [-0.2, -0.15) is 0 Å². The van der Waals surface area contributed by atoms with Crippen LogP contribution in [-0.2, 0) is 4.79 Å². The molecule has 1 aliphatic carbocycles. The Morgan fingerprint density at radius 3 is 2.65 bits per heavy atom. The van der Waals surface area contributed by atoms with Crippen molar-refractivity contribution >= 4 is 5.97 Å². The number of rotatable bonds is 5. The molecule has 0 bridgehead atoms. The number of carbonyl (C=O) groups is 1. The van der Waals surface area contributed by atoms with E-state index in [2.05, 4.69) is 27.7 Å². The fourth-order valence-corrected chi connectivity index (χ4v) is 3.44. The highest BCUT2D eigenvalue weighted by Crippen LogP contribution is 2.44. The Kier molecular flexibility index (Phi) is 5.03. The van der Waals surface area contributed by atoms with Crippen molar-refractivity contribution in [2.24, 2.45) is 23.2 Å². The molecular formula is C15H28O2. The van der Waals surface area contributed by atoms with Crippen molar-refractivity contribution < 1.29 is 9.90 Å². The second-order valence-electron chi connectivity index (χ2n) is 6.74. The van der Waals surface area contributed by atoms with Gasteiger partial charge in [-0.3, -0.25) is 4.79 Å². The Labute approximate surface area is 106 Å². The Bertz CT molecular complexity index is 258. The third-order valence-corrected chi connectivity index (χ3v) is 4.32. The highest BCUT2D eigenvalue weighted by molar-refractivity contribution is 5.70. The summed E-state index contributed by atoms with van der Waals surface area (Å²) in [5.41, 5.74) is 0.336. The molecule has 0 aromatic rings. The van der Waals surface area contributed by atoms with E-state index in [0.717, 1.165) is 25.7 Å². The van der Waals surface area contributed by atoms with E-state index in [-0.39, 0.29) is 5.92 Å². The molecule has 0 radical (unpaired) electrons. The molecule has 0 saturated heterocycles. The van der Waals surface area contributed by atoms with E-state index < -0.39 is 5.97 Å². The average Bonchev–Trinajstić information content (AvgIpc) is 2.15. The minimum atomic E-state index is -0.575. The Morgan fingerprint density at radius 2 is 2.12 bits per heavy atom. The fourth-order valence-electron chi connectivity index (χ4n) is 3.44. The highest BCUT2D eigenvalue weighted by atomic mass is 16.4. The zero-order valence-corrected chi connectivity index (χ0v) is 11.8. The summed E-state index contributed by atoms with van der Waals surface area (Å²) in [5, 5.41) is 9.32. The molecule has 0 amide bonds. The molecule has 17 heavy (non-hydrogen) atoms. The average molecular weight is 240 g/mol. The van der Waals surface area contributed by atoms with Crippen molar-refractivity contribution in [3.05, 3.63) is 0 Å². The van der Waals surface area contributed by atoms with Crippen LogP contribution in [0.1, 0.15) is 66.2 Å². The molecule has 0 aromatic heterocycles. The molecule has 0 heterocycles. The smallest absolute Gasteiger partial charge is 0.306 e. The van der Waals surface area contributed by atoms with Crippen molar-refractivity contribution in [1.29, 1.82) is 0 Å². The Hall–Kier alpha value is -0.530. The van der Waals surface area contributed by atoms with Crippen LogP contribution in [0.5, 0.6) is 0 Å². The molecular weight excluding hydrogens is 212 g/mol. The van der Waals surface area contributed by atoms with Gasteiger partial charge in [0.1, 0.15) is 0 Å². The zero-order chi connectivity index (χ0) is 13.1. The van der Waals surface area contributed by atoms with Gasteiger partial charge >= 0.3 is 5.97 Å². The molecule has 3 atom stereocenters. The van der Waals surface area contributed by atoms with Crippen LogP contribution in [0.15, 0.2) is 0 Å². The lowest BCUT2D eigenvalue weighted by molar-refractivity contribution is -0.146. The van der Waals surface area contributed by atoms with Crippen LogP contribution in [0.3, 0.4) is 0 Å². The van der Waals surface area contributed by atoms with Crippen LogP contribution in [0.4, 0.5) is 0 Å². The number of hydrogen-bond donors (Lipinski definition) is 1. The Morgan fingerprint density at radius 1 is 1.47 bits per heavy atom. The first-order chi connectivity index (χ1) is 7.85. The van der Waals surface area contributed by atoms with Gasteiger partial charge in [0.05, 0.1) is 5.92 Å². The minimum absolute atomic E-state index is 0.0951. The van der Waals surface area contributed by atoms with Gasteiger partial charge in [-0.15, -0.1) is 0 Å². The first-order valence-corrected chi connectivity index (χ1v) is 7.08. The molecule has 1 saturated carbocycles. The fraction of sp³-hybridized carbons (Fsp3) is 0.933. The van der Waals surface area contributed by atoms with Gasteiger partial charge in [-0.1, -0.05) is 40.5 Å². The molecule has 1 N–H and O–H groups in total. The van der Waals surface area contributed by atoms with Gasteiger partial charge in [0.2, 0.25) is 0 Å². The predicted molar refractivity (Wildman–Crippen MR) is 70.9 cm³/mol. The SMILES string of the molecule is CCCC(C)CC1CC(C)(C)CCC1C(=O)O. The third-order valence-electron chi connectivity index (χ3n) is 4.32. The molecule has 1 rings (SSSR count). The summed E-state index contributed by atoms with van der Waals surface area (Å²) >= 11 is 0. The van der Waals surface area contributed by atoms with Crippen LogP contribution in [0.25, 0.3) is 0 Å².